The summed E-state index contributed by atoms with van der Waals surface area (Å²) < 4.78 is 8.34. The zero-order valence-electron chi connectivity index (χ0n) is 17.1. The molecule has 160 valence electrons. The SMILES string of the molecule is CC(C)(C)OC(=O)N1CC(Cn2cc(Br)c3cc(N4CCC(=O)NC4=O)cnc32)C1. The van der Waals surface area contributed by atoms with Gasteiger partial charge in [-0.3, -0.25) is 15.0 Å². The molecule has 2 saturated heterocycles. The molecule has 0 aromatic carbocycles. The van der Waals surface area contributed by atoms with E-state index in [4.69, 9.17) is 4.74 Å². The molecule has 2 fully saturated rings. The number of nitrogens with zero attached hydrogens (tertiary/aromatic N) is 4. The number of likely N-dealkylation sites (tertiary alicyclic amines) is 1. The van der Waals surface area contributed by atoms with E-state index in [1.807, 2.05) is 33.0 Å². The number of pyridine rings is 1. The number of rotatable bonds is 3. The molecule has 0 spiro atoms. The summed E-state index contributed by atoms with van der Waals surface area (Å²) in [5.41, 5.74) is 0.949. The van der Waals surface area contributed by atoms with E-state index in [1.165, 1.54) is 4.90 Å². The van der Waals surface area contributed by atoms with Gasteiger partial charge < -0.3 is 14.2 Å². The molecule has 4 heterocycles. The number of carbonyl (C=O) groups is 3. The minimum Gasteiger partial charge on any atom is -0.444 e. The lowest BCUT2D eigenvalue weighted by Crippen LogP contribution is -2.52. The maximum absolute atomic E-state index is 12.1. The highest BCUT2D eigenvalue weighted by molar-refractivity contribution is 9.10. The van der Waals surface area contributed by atoms with Gasteiger partial charge in [-0.05, 0) is 42.8 Å². The second-order valence-corrected chi connectivity index (χ2v) is 9.55. The van der Waals surface area contributed by atoms with Crippen molar-refractivity contribution in [3.63, 3.8) is 0 Å². The average molecular weight is 478 g/mol. The van der Waals surface area contributed by atoms with Crippen LogP contribution in [0, 0.1) is 5.92 Å². The van der Waals surface area contributed by atoms with Crippen LogP contribution in [0.25, 0.3) is 11.0 Å². The first-order valence-corrected chi connectivity index (χ1v) is 10.6. The van der Waals surface area contributed by atoms with Crippen LogP contribution in [0.3, 0.4) is 0 Å². The van der Waals surface area contributed by atoms with Gasteiger partial charge in [-0.15, -0.1) is 0 Å². The van der Waals surface area contributed by atoms with Crippen molar-refractivity contribution >= 4 is 50.7 Å². The number of imide groups is 1. The van der Waals surface area contributed by atoms with Crippen LogP contribution >= 0.6 is 15.9 Å². The standard InChI is InChI=1S/C20H24BrN5O4/c1-20(2,3)30-19(29)25-9-12(10-25)8-24-11-15(21)14-6-13(7-22-17(14)24)26-5-4-16(27)23-18(26)28/h6-7,11-12H,4-5,8-10H2,1-3H3,(H,23,27,28). The maximum atomic E-state index is 12.1. The summed E-state index contributed by atoms with van der Waals surface area (Å²) in [7, 11) is 0. The van der Waals surface area contributed by atoms with Gasteiger partial charge in [0.1, 0.15) is 11.2 Å². The zero-order chi connectivity index (χ0) is 21.6. The topological polar surface area (TPSA) is 96.8 Å². The molecule has 2 aromatic heterocycles. The number of anilines is 1. The highest BCUT2D eigenvalue weighted by atomic mass is 79.9. The largest absolute Gasteiger partial charge is 0.444 e. The molecular formula is C20H24BrN5O4. The zero-order valence-corrected chi connectivity index (χ0v) is 18.7. The number of fused-ring (bicyclic) bond motifs is 1. The van der Waals surface area contributed by atoms with Crippen LogP contribution in [0.5, 0.6) is 0 Å². The van der Waals surface area contributed by atoms with Crippen LogP contribution in [-0.4, -0.2) is 57.7 Å². The van der Waals surface area contributed by atoms with Gasteiger partial charge in [0.05, 0.1) is 11.9 Å². The molecule has 2 aliphatic heterocycles. The molecule has 4 amide bonds. The summed E-state index contributed by atoms with van der Waals surface area (Å²) >= 11 is 3.58. The summed E-state index contributed by atoms with van der Waals surface area (Å²) in [5, 5.41) is 3.21. The molecule has 0 saturated carbocycles. The van der Waals surface area contributed by atoms with Crippen LogP contribution in [0.2, 0.25) is 0 Å². The second kappa shape index (κ2) is 7.57. The van der Waals surface area contributed by atoms with Crippen molar-refractivity contribution < 1.29 is 19.1 Å². The predicted octanol–water partition coefficient (Wildman–Crippen LogP) is 3.11. The second-order valence-electron chi connectivity index (χ2n) is 8.70. The molecule has 1 N–H and O–H groups in total. The third kappa shape index (κ3) is 4.14. The molecule has 10 heteroatoms. The van der Waals surface area contributed by atoms with E-state index in [0.717, 1.165) is 22.1 Å². The quantitative estimate of drug-likeness (QED) is 0.732. The lowest BCUT2D eigenvalue weighted by Gasteiger charge is -2.40. The number of aromatic nitrogens is 2. The fourth-order valence-electron chi connectivity index (χ4n) is 3.65. The van der Waals surface area contributed by atoms with Gasteiger partial charge in [-0.1, -0.05) is 0 Å². The van der Waals surface area contributed by atoms with Gasteiger partial charge in [-0.25, -0.2) is 14.6 Å². The van der Waals surface area contributed by atoms with E-state index < -0.39 is 11.6 Å². The Morgan fingerprint density at radius 1 is 1.33 bits per heavy atom. The first-order valence-electron chi connectivity index (χ1n) is 9.84. The third-order valence-corrected chi connectivity index (χ3v) is 5.71. The monoisotopic (exact) mass is 477 g/mol. The lowest BCUT2D eigenvalue weighted by molar-refractivity contribution is -0.120. The van der Waals surface area contributed by atoms with Crippen LogP contribution in [0.4, 0.5) is 15.3 Å². The fraction of sp³-hybridized carbons (Fsp3) is 0.500. The number of amides is 4. The van der Waals surface area contributed by atoms with Gasteiger partial charge >= 0.3 is 12.1 Å². The normalized spacial score (nSPS) is 17.9. The number of hydrogen-bond donors (Lipinski definition) is 1. The Morgan fingerprint density at radius 2 is 2.07 bits per heavy atom. The lowest BCUT2D eigenvalue weighted by atomic mass is 10.0. The van der Waals surface area contributed by atoms with Gasteiger partial charge in [-0.2, -0.15) is 0 Å². The number of urea groups is 1. The molecule has 30 heavy (non-hydrogen) atoms. The Bertz CT molecular complexity index is 1020. The van der Waals surface area contributed by atoms with Crippen LogP contribution < -0.4 is 10.2 Å². The number of carbonyl (C=O) groups excluding carboxylic acids is 3. The van der Waals surface area contributed by atoms with Crippen molar-refractivity contribution in [3.8, 4) is 0 Å². The van der Waals surface area contributed by atoms with Gasteiger partial charge in [0.25, 0.3) is 0 Å². The van der Waals surface area contributed by atoms with Crippen molar-refractivity contribution in [2.45, 2.75) is 39.3 Å². The van der Waals surface area contributed by atoms with E-state index in [9.17, 15) is 14.4 Å². The van der Waals surface area contributed by atoms with Gasteiger partial charge in [0.15, 0.2) is 0 Å². The van der Waals surface area contributed by atoms with E-state index >= 15 is 0 Å². The average Bonchev–Trinajstić information content (AvgIpc) is 2.91. The summed E-state index contributed by atoms with van der Waals surface area (Å²) in [6, 6.07) is 1.46. The molecule has 0 radical (unpaired) electrons. The first-order chi connectivity index (χ1) is 14.1. The molecule has 0 bridgehead atoms. The minimum atomic E-state index is -0.496. The molecule has 0 aliphatic carbocycles. The van der Waals surface area contributed by atoms with E-state index in [-0.39, 0.29) is 18.4 Å². The summed E-state index contributed by atoms with van der Waals surface area (Å²) in [6.45, 7) is 7.93. The summed E-state index contributed by atoms with van der Waals surface area (Å²) in [6.07, 6.45) is 3.60. The van der Waals surface area contributed by atoms with Crippen LogP contribution in [0.1, 0.15) is 27.2 Å². The number of ether oxygens (including phenoxy) is 1. The number of hydrogen-bond acceptors (Lipinski definition) is 5. The van der Waals surface area contributed by atoms with E-state index in [1.54, 1.807) is 11.1 Å². The highest BCUT2D eigenvalue weighted by Crippen LogP contribution is 2.31. The fourth-order valence-corrected chi connectivity index (χ4v) is 4.19. The van der Waals surface area contributed by atoms with E-state index in [2.05, 4.69) is 30.8 Å². The van der Waals surface area contributed by atoms with Crippen molar-refractivity contribution in [2.24, 2.45) is 5.92 Å². The first kappa shape index (κ1) is 20.6. The smallest absolute Gasteiger partial charge is 0.410 e. The predicted molar refractivity (Wildman–Crippen MR) is 114 cm³/mol. The molecule has 0 atom stereocenters. The summed E-state index contributed by atoms with van der Waals surface area (Å²) in [5.74, 6) is 0.0546. The Balaban J connectivity index is 1.45. The summed E-state index contributed by atoms with van der Waals surface area (Å²) in [4.78, 5) is 43.4. The maximum Gasteiger partial charge on any atom is 0.410 e. The van der Waals surface area contributed by atoms with Crippen LogP contribution in [-0.2, 0) is 16.1 Å². The number of nitrogens with one attached hydrogen (secondary N) is 1. The van der Waals surface area contributed by atoms with E-state index in [0.29, 0.717) is 31.2 Å². The van der Waals surface area contributed by atoms with Crippen LogP contribution in [0.15, 0.2) is 22.9 Å². The Morgan fingerprint density at radius 3 is 2.73 bits per heavy atom. The molecule has 2 aromatic rings. The van der Waals surface area contributed by atoms with Gasteiger partial charge in [0, 0.05) is 54.6 Å². The van der Waals surface area contributed by atoms with Crippen molar-refractivity contribution in [1.29, 1.82) is 0 Å². The minimum absolute atomic E-state index is 0.265. The Labute approximate surface area is 182 Å². The Kier molecular flexibility index (Phi) is 5.21. The number of halogens is 1. The third-order valence-electron chi connectivity index (χ3n) is 5.08. The molecule has 0 unspecified atom stereocenters. The Hall–Kier alpha value is -2.62. The van der Waals surface area contributed by atoms with Crippen molar-refractivity contribution in [3.05, 3.63) is 22.9 Å². The molecule has 2 aliphatic rings. The molecular weight excluding hydrogens is 454 g/mol. The highest BCUT2D eigenvalue weighted by Gasteiger charge is 2.34. The van der Waals surface area contributed by atoms with Crippen molar-refractivity contribution in [2.75, 3.05) is 24.5 Å². The molecule has 4 rings (SSSR count). The van der Waals surface area contributed by atoms with Crippen molar-refractivity contribution in [1.82, 2.24) is 19.8 Å². The van der Waals surface area contributed by atoms with Gasteiger partial charge in [0.2, 0.25) is 5.91 Å². The molecule has 9 nitrogen and oxygen atoms in total.